The molecule has 0 aromatic heterocycles. The number of halogens is 1. The van der Waals surface area contributed by atoms with Crippen LogP contribution in [-0.2, 0) is 0 Å². The Kier molecular flexibility index (Phi) is 6.20. The molecule has 0 aliphatic carbocycles. The summed E-state index contributed by atoms with van der Waals surface area (Å²) in [6.45, 7) is 3.26. The van der Waals surface area contributed by atoms with Crippen LogP contribution in [0.4, 0.5) is 0 Å². The fourth-order valence-electron chi connectivity index (χ4n) is 2.80. The van der Waals surface area contributed by atoms with E-state index >= 15 is 0 Å². The summed E-state index contributed by atoms with van der Waals surface area (Å²) in [5.41, 5.74) is 0.560. The highest BCUT2D eigenvalue weighted by molar-refractivity contribution is 6.30. The first-order valence-corrected chi connectivity index (χ1v) is 9.25. The lowest BCUT2D eigenvalue weighted by atomic mass is 10.0. The van der Waals surface area contributed by atoms with Gasteiger partial charge in [-0.1, -0.05) is 35.9 Å². The summed E-state index contributed by atoms with van der Waals surface area (Å²) in [6.07, 6.45) is 0. The maximum Gasteiger partial charge on any atom is 0.257 e. The normalized spacial score (nSPS) is 10.6. The summed E-state index contributed by atoms with van der Waals surface area (Å²) in [7, 11) is 1.76. The van der Waals surface area contributed by atoms with E-state index in [0.717, 1.165) is 16.5 Å². The van der Waals surface area contributed by atoms with E-state index in [-0.39, 0.29) is 5.91 Å². The van der Waals surface area contributed by atoms with E-state index in [4.69, 9.17) is 21.1 Å². The van der Waals surface area contributed by atoms with Gasteiger partial charge in [0.15, 0.2) is 0 Å². The van der Waals surface area contributed by atoms with Gasteiger partial charge in [0.2, 0.25) is 0 Å². The van der Waals surface area contributed by atoms with Crippen molar-refractivity contribution < 1.29 is 14.3 Å². The number of likely N-dealkylation sites (N-methyl/N-ethyl adjacent to an activating group) is 1. The van der Waals surface area contributed by atoms with Crippen LogP contribution in [0.15, 0.2) is 60.7 Å². The fourth-order valence-corrected chi connectivity index (χ4v) is 2.93. The van der Waals surface area contributed by atoms with Crippen LogP contribution in [0.2, 0.25) is 5.02 Å². The van der Waals surface area contributed by atoms with Gasteiger partial charge in [0.25, 0.3) is 5.91 Å². The minimum atomic E-state index is -0.0936. The molecule has 0 saturated carbocycles. The first-order valence-electron chi connectivity index (χ1n) is 8.88. The number of benzene rings is 3. The lowest BCUT2D eigenvalue weighted by Crippen LogP contribution is -2.31. The smallest absolute Gasteiger partial charge is 0.257 e. The van der Waals surface area contributed by atoms with Crippen molar-refractivity contribution in [3.8, 4) is 11.5 Å². The van der Waals surface area contributed by atoms with E-state index < -0.39 is 0 Å². The third kappa shape index (κ3) is 4.72. The molecular formula is C22H22ClNO3. The number of rotatable bonds is 7. The van der Waals surface area contributed by atoms with Gasteiger partial charge in [0, 0.05) is 12.1 Å². The molecule has 1 amide bonds. The first kappa shape index (κ1) is 19.1. The molecule has 0 N–H and O–H groups in total. The summed E-state index contributed by atoms with van der Waals surface area (Å²) >= 11 is 5.87. The standard InChI is InChI=1S/C22H22ClNO3/c1-3-26-21-15-17-7-5-4-6-16(17)14-20(21)22(25)24(2)12-13-27-19-10-8-18(23)9-11-19/h4-11,14-15H,3,12-13H2,1-2H3. The molecule has 0 aliphatic rings. The molecule has 0 radical (unpaired) electrons. The van der Waals surface area contributed by atoms with Crippen LogP contribution in [0, 0.1) is 0 Å². The van der Waals surface area contributed by atoms with E-state index in [2.05, 4.69) is 0 Å². The van der Waals surface area contributed by atoms with Crippen LogP contribution < -0.4 is 9.47 Å². The zero-order valence-electron chi connectivity index (χ0n) is 15.4. The first-order chi connectivity index (χ1) is 13.1. The molecule has 0 saturated heterocycles. The molecule has 0 fully saturated rings. The van der Waals surface area contributed by atoms with Crippen molar-refractivity contribution in [2.45, 2.75) is 6.92 Å². The van der Waals surface area contributed by atoms with E-state index in [1.54, 1.807) is 36.2 Å². The predicted octanol–water partition coefficient (Wildman–Crippen LogP) is 5.04. The van der Waals surface area contributed by atoms with Gasteiger partial charge in [-0.05, 0) is 54.1 Å². The highest BCUT2D eigenvalue weighted by Gasteiger charge is 2.18. The monoisotopic (exact) mass is 383 g/mol. The van der Waals surface area contributed by atoms with Gasteiger partial charge in [0.1, 0.15) is 18.1 Å². The molecule has 0 heterocycles. The number of hydrogen-bond donors (Lipinski definition) is 0. The van der Waals surface area contributed by atoms with E-state index in [9.17, 15) is 4.79 Å². The van der Waals surface area contributed by atoms with Gasteiger partial charge in [-0.15, -0.1) is 0 Å². The molecule has 3 aromatic carbocycles. The predicted molar refractivity (Wildman–Crippen MR) is 109 cm³/mol. The number of nitrogens with zero attached hydrogens (tertiary/aromatic N) is 1. The van der Waals surface area contributed by atoms with Crippen molar-refractivity contribution in [1.29, 1.82) is 0 Å². The molecule has 0 spiro atoms. The third-order valence-electron chi connectivity index (χ3n) is 4.23. The molecule has 27 heavy (non-hydrogen) atoms. The second-order valence-corrected chi connectivity index (χ2v) is 6.59. The lowest BCUT2D eigenvalue weighted by Gasteiger charge is -2.20. The molecule has 3 aromatic rings. The summed E-state index contributed by atoms with van der Waals surface area (Å²) in [5.74, 6) is 1.23. The van der Waals surface area contributed by atoms with Crippen molar-refractivity contribution in [3.63, 3.8) is 0 Å². The highest BCUT2D eigenvalue weighted by atomic mass is 35.5. The summed E-state index contributed by atoms with van der Waals surface area (Å²) in [4.78, 5) is 14.6. The number of ether oxygens (including phenoxy) is 2. The van der Waals surface area contributed by atoms with Crippen molar-refractivity contribution in [1.82, 2.24) is 4.90 Å². The molecule has 4 nitrogen and oxygen atoms in total. The summed E-state index contributed by atoms with van der Waals surface area (Å²) in [6, 6.07) is 18.9. The van der Waals surface area contributed by atoms with Gasteiger partial charge in [-0.3, -0.25) is 4.79 Å². The molecule has 0 unspecified atom stereocenters. The number of fused-ring (bicyclic) bond motifs is 1. The molecular weight excluding hydrogens is 362 g/mol. The fraction of sp³-hybridized carbons (Fsp3) is 0.227. The minimum Gasteiger partial charge on any atom is -0.493 e. The number of carbonyl (C=O) groups is 1. The van der Waals surface area contributed by atoms with Crippen molar-refractivity contribution in [3.05, 3.63) is 71.2 Å². The minimum absolute atomic E-state index is 0.0936. The Labute approximate surface area is 164 Å². The van der Waals surface area contributed by atoms with Crippen LogP contribution >= 0.6 is 11.6 Å². The van der Waals surface area contributed by atoms with E-state index in [1.807, 2.05) is 43.3 Å². The number of hydrogen-bond acceptors (Lipinski definition) is 3. The van der Waals surface area contributed by atoms with Crippen LogP contribution in [0.5, 0.6) is 11.5 Å². The Balaban J connectivity index is 1.71. The zero-order chi connectivity index (χ0) is 19.2. The van der Waals surface area contributed by atoms with Gasteiger partial charge in [-0.2, -0.15) is 0 Å². The topological polar surface area (TPSA) is 38.8 Å². The second-order valence-electron chi connectivity index (χ2n) is 6.16. The maximum absolute atomic E-state index is 12.9. The van der Waals surface area contributed by atoms with Crippen LogP contribution in [0.3, 0.4) is 0 Å². The SMILES string of the molecule is CCOc1cc2ccccc2cc1C(=O)N(C)CCOc1ccc(Cl)cc1. The van der Waals surface area contributed by atoms with Gasteiger partial charge >= 0.3 is 0 Å². The Hall–Kier alpha value is -2.72. The molecule has 0 aliphatic heterocycles. The third-order valence-corrected chi connectivity index (χ3v) is 4.49. The Morgan fingerprint density at radius 3 is 2.33 bits per heavy atom. The second kappa shape index (κ2) is 8.78. The van der Waals surface area contributed by atoms with Crippen molar-refractivity contribution in [2.24, 2.45) is 0 Å². The largest absolute Gasteiger partial charge is 0.493 e. The van der Waals surface area contributed by atoms with Crippen LogP contribution in [0.25, 0.3) is 10.8 Å². The van der Waals surface area contributed by atoms with Gasteiger partial charge < -0.3 is 14.4 Å². The number of amides is 1. The van der Waals surface area contributed by atoms with Crippen LogP contribution in [-0.4, -0.2) is 37.6 Å². The maximum atomic E-state index is 12.9. The van der Waals surface area contributed by atoms with Gasteiger partial charge in [-0.25, -0.2) is 0 Å². The van der Waals surface area contributed by atoms with E-state index in [1.165, 1.54) is 0 Å². The zero-order valence-corrected chi connectivity index (χ0v) is 16.2. The highest BCUT2D eigenvalue weighted by Crippen LogP contribution is 2.27. The Morgan fingerprint density at radius 2 is 1.67 bits per heavy atom. The van der Waals surface area contributed by atoms with E-state index in [0.29, 0.717) is 36.1 Å². The van der Waals surface area contributed by atoms with Gasteiger partial charge in [0.05, 0.1) is 18.7 Å². The van der Waals surface area contributed by atoms with Crippen molar-refractivity contribution in [2.75, 3.05) is 26.8 Å². The van der Waals surface area contributed by atoms with Crippen molar-refractivity contribution >= 4 is 28.3 Å². The molecule has 0 atom stereocenters. The quantitative estimate of drug-likeness (QED) is 0.573. The lowest BCUT2D eigenvalue weighted by molar-refractivity contribution is 0.0770. The average Bonchev–Trinajstić information content (AvgIpc) is 2.68. The van der Waals surface area contributed by atoms with Crippen LogP contribution in [0.1, 0.15) is 17.3 Å². The average molecular weight is 384 g/mol. The molecule has 3 rings (SSSR count). The Bertz CT molecular complexity index is 924. The Morgan fingerprint density at radius 1 is 1.00 bits per heavy atom. The molecule has 0 bridgehead atoms. The molecule has 5 heteroatoms. The summed E-state index contributed by atoms with van der Waals surface area (Å²) < 4.78 is 11.4. The number of carbonyl (C=O) groups excluding carboxylic acids is 1. The molecule has 140 valence electrons. The summed E-state index contributed by atoms with van der Waals surface area (Å²) in [5, 5.41) is 2.72.